The van der Waals surface area contributed by atoms with E-state index in [-0.39, 0.29) is 11.3 Å². The molecule has 0 heterocycles. The van der Waals surface area contributed by atoms with Gasteiger partial charge in [0, 0.05) is 5.56 Å². The van der Waals surface area contributed by atoms with E-state index in [4.69, 9.17) is 23.2 Å². The molecule has 0 aromatic heterocycles. The van der Waals surface area contributed by atoms with Crippen molar-refractivity contribution in [2.45, 2.75) is 16.7 Å². The fourth-order valence-electron chi connectivity index (χ4n) is 1.24. The number of halogens is 3. The van der Waals surface area contributed by atoms with Gasteiger partial charge in [0.25, 0.3) is 0 Å². The second-order valence-electron chi connectivity index (χ2n) is 3.39. The fraction of sp³-hybridized carbons (Fsp3) is 0.400. The van der Waals surface area contributed by atoms with Crippen molar-refractivity contribution in [1.29, 1.82) is 0 Å². The summed E-state index contributed by atoms with van der Waals surface area (Å²) in [5.74, 6) is -1.12. The molecule has 3 nitrogen and oxygen atoms in total. The van der Waals surface area contributed by atoms with Crippen molar-refractivity contribution in [2.75, 3.05) is 5.75 Å². The maximum absolute atomic E-state index is 13.4. The molecule has 17 heavy (non-hydrogen) atoms. The molecule has 0 spiro atoms. The number of aliphatic hydroxyl groups is 1. The van der Waals surface area contributed by atoms with E-state index in [9.17, 15) is 17.9 Å². The molecular formula is C10H11Cl2FO3S. The lowest BCUT2D eigenvalue weighted by atomic mass is 10.1. The predicted octanol–water partition coefficient (Wildman–Crippen LogP) is 2.43. The summed E-state index contributed by atoms with van der Waals surface area (Å²) >= 11 is 11.3. The van der Waals surface area contributed by atoms with E-state index in [1.54, 1.807) is 0 Å². The van der Waals surface area contributed by atoms with Crippen molar-refractivity contribution in [3.05, 3.63) is 35.6 Å². The van der Waals surface area contributed by atoms with Crippen molar-refractivity contribution in [1.82, 2.24) is 0 Å². The van der Waals surface area contributed by atoms with Gasteiger partial charge in [-0.05, 0) is 6.07 Å². The minimum atomic E-state index is -3.95. The Labute approximate surface area is 109 Å². The van der Waals surface area contributed by atoms with Crippen LogP contribution in [-0.2, 0) is 9.84 Å². The van der Waals surface area contributed by atoms with E-state index >= 15 is 0 Å². The lowest BCUT2D eigenvalue weighted by Crippen LogP contribution is -2.35. The summed E-state index contributed by atoms with van der Waals surface area (Å²) in [5.41, 5.74) is -0.255. The standard InChI is InChI=1S/C10H11Cl2FO3S/c1-2-17(15,16)10(11,12)9(14)7-5-3-4-6-8(7)13/h3-6,9,14H,2H2,1H3. The summed E-state index contributed by atoms with van der Waals surface area (Å²) in [6, 6.07) is 5.17. The Hall–Kier alpha value is -0.360. The summed E-state index contributed by atoms with van der Waals surface area (Å²) in [5, 5.41) is 9.81. The van der Waals surface area contributed by atoms with Gasteiger partial charge in [-0.3, -0.25) is 0 Å². The highest BCUT2D eigenvalue weighted by Gasteiger charge is 2.47. The number of alkyl halides is 2. The van der Waals surface area contributed by atoms with Crippen LogP contribution in [0, 0.1) is 5.82 Å². The van der Waals surface area contributed by atoms with E-state index in [0.29, 0.717) is 0 Å². The zero-order chi connectivity index (χ0) is 13.3. The SMILES string of the molecule is CCS(=O)(=O)C(Cl)(Cl)C(O)c1ccccc1F. The molecule has 1 unspecified atom stereocenters. The van der Waals surface area contributed by atoms with Crippen LogP contribution in [0.25, 0.3) is 0 Å². The lowest BCUT2D eigenvalue weighted by molar-refractivity contribution is 0.176. The quantitative estimate of drug-likeness (QED) is 0.869. The highest BCUT2D eigenvalue weighted by Crippen LogP contribution is 2.41. The van der Waals surface area contributed by atoms with Crippen molar-refractivity contribution in [3.63, 3.8) is 0 Å². The van der Waals surface area contributed by atoms with Gasteiger partial charge in [0.05, 0.1) is 5.75 Å². The predicted molar refractivity (Wildman–Crippen MR) is 65.3 cm³/mol. The van der Waals surface area contributed by atoms with Crippen molar-refractivity contribution >= 4 is 33.0 Å². The first-order chi connectivity index (χ1) is 7.74. The zero-order valence-electron chi connectivity index (χ0n) is 8.90. The molecule has 1 N–H and O–H groups in total. The molecular weight excluding hydrogens is 290 g/mol. The Morgan fingerprint density at radius 1 is 1.41 bits per heavy atom. The van der Waals surface area contributed by atoms with Gasteiger partial charge in [-0.2, -0.15) is 0 Å². The van der Waals surface area contributed by atoms with Crippen LogP contribution in [0.3, 0.4) is 0 Å². The van der Waals surface area contributed by atoms with Crippen molar-refractivity contribution < 1.29 is 17.9 Å². The monoisotopic (exact) mass is 300 g/mol. The summed E-state index contributed by atoms with van der Waals surface area (Å²) in [6.45, 7) is 1.34. The molecule has 1 atom stereocenters. The average Bonchev–Trinajstić information content (AvgIpc) is 2.28. The molecule has 1 aromatic carbocycles. The molecule has 0 saturated heterocycles. The summed E-state index contributed by atoms with van der Waals surface area (Å²) in [7, 11) is -3.95. The molecule has 0 amide bonds. The first-order valence-electron chi connectivity index (χ1n) is 4.76. The number of benzene rings is 1. The molecule has 0 aliphatic carbocycles. The van der Waals surface area contributed by atoms with Crippen molar-refractivity contribution in [2.24, 2.45) is 0 Å². The van der Waals surface area contributed by atoms with Crippen LogP contribution in [0.5, 0.6) is 0 Å². The third-order valence-corrected chi connectivity index (χ3v) is 5.95. The minimum Gasteiger partial charge on any atom is -0.384 e. The minimum absolute atomic E-state index is 0.255. The normalized spacial score (nSPS) is 14.6. The molecule has 96 valence electrons. The van der Waals surface area contributed by atoms with Gasteiger partial charge in [0.15, 0.2) is 9.84 Å². The first-order valence-corrected chi connectivity index (χ1v) is 7.17. The van der Waals surface area contributed by atoms with Gasteiger partial charge in [-0.25, -0.2) is 12.8 Å². The van der Waals surface area contributed by atoms with Gasteiger partial charge >= 0.3 is 0 Å². The fourth-order valence-corrected chi connectivity index (χ4v) is 2.98. The van der Waals surface area contributed by atoms with E-state index in [0.717, 1.165) is 6.07 Å². The molecule has 1 aromatic rings. The highest BCUT2D eigenvalue weighted by atomic mass is 35.5. The largest absolute Gasteiger partial charge is 0.384 e. The van der Waals surface area contributed by atoms with Gasteiger partial charge in [-0.15, -0.1) is 0 Å². The van der Waals surface area contributed by atoms with E-state index < -0.39 is 25.4 Å². The van der Waals surface area contributed by atoms with Crippen molar-refractivity contribution in [3.8, 4) is 0 Å². The van der Waals surface area contributed by atoms with E-state index in [2.05, 4.69) is 0 Å². The second-order valence-corrected chi connectivity index (χ2v) is 7.67. The third-order valence-electron chi connectivity index (χ3n) is 2.31. The first kappa shape index (κ1) is 14.7. The second kappa shape index (κ2) is 5.10. The Morgan fingerprint density at radius 2 is 1.94 bits per heavy atom. The number of sulfone groups is 1. The topological polar surface area (TPSA) is 54.4 Å². The Balaban J connectivity index is 3.23. The van der Waals surface area contributed by atoms with Crippen LogP contribution in [0.1, 0.15) is 18.6 Å². The van der Waals surface area contributed by atoms with Crippen LogP contribution in [0.2, 0.25) is 0 Å². The number of rotatable bonds is 4. The van der Waals surface area contributed by atoms with Crippen LogP contribution in [0.15, 0.2) is 24.3 Å². The van der Waals surface area contributed by atoms with Gasteiger partial charge in [-0.1, -0.05) is 48.3 Å². The van der Waals surface area contributed by atoms with E-state index in [1.165, 1.54) is 25.1 Å². The summed E-state index contributed by atoms with van der Waals surface area (Å²) in [4.78, 5) is 0. The van der Waals surface area contributed by atoms with Crippen LogP contribution in [-0.4, -0.2) is 22.9 Å². The number of hydrogen-bond donors (Lipinski definition) is 1. The van der Waals surface area contributed by atoms with Crippen LogP contribution < -0.4 is 0 Å². The Morgan fingerprint density at radius 3 is 2.41 bits per heavy atom. The highest BCUT2D eigenvalue weighted by molar-refractivity contribution is 7.95. The van der Waals surface area contributed by atoms with Gasteiger partial charge in [0.1, 0.15) is 11.9 Å². The Kier molecular flexibility index (Phi) is 4.41. The maximum atomic E-state index is 13.4. The lowest BCUT2D eigenvalue weighted by Gasteiger charge is -2.25. The number of aliphatic hydroxyl groups excluding tert-OH is 1. The molecule has 1 rings (SSSR count). The summed E-state index contributed by atoms with van der Waals surface area (Å²) < 4.78 is 34.1. The third kappa shape index (κ3) is 2.73. The average molecular weight is 301 g/mol. The van der Waals surface area contributed by atoms with E-state index in [1.807, 2.05) is 0 Å². The molecule has 0 aliphatic heterocycles. The summed E-state index contributed by atoms with van der Waals surface area (Å²) in [6.07, 6.45) is -1.85. The van der Waals surface area contributed by atoms with Gasteiger partial charge in [0.2, 0.25) is 3.67 Å². The molecule has 0 fully saturated rings. The van der Waals surface area contributed by atoms with Crippen LogP contribution >= 0.6 is 23.2 Å². The number of hydrogen-bond acceptors (Lipinski definition) is 3. The Bertz CT molecular complexity index is 502. The molecule has 7 heteroatoms. The van der Waals surface area contributed by atoms with Crippen LogP contribution in [0.4, 0.5) is 4.39 Å². The maximum Gasteiger partial charge on any atom is 0.247 e. The molecule has 0 bridgehead atoms. The molecule has 0 radical (unpaired) electrons. The molecule has 0 aliphatic rings. The molecule has 0 saturated carbocycles. The zero-order valence-corrected chi connectivity index (χ0v) is 11.2. The smallest absolute Gasteiger partial charge is 0.247 e. The van der Waals surface area contributed by atoms with Gasteiger partial charge < -0.3 is 5.11 Å².